The number of hydrogen-bond acceptors (Lipinski definition) is 4. The average Bonchev–Trinajstić information content (AvgIpc) is 3.25. The van der Waals surface area contributed by atoms with Crippen molar-refractivity contribution in [3.05, 3.63) is 65.3 Å². The highest BCUT2D eigenvalue weighted by Crippen LogP contribution is 2.61. The fourth-order valence-electron chi connectivity index (χ4n) is 3.42. The van der Waals surface area contributed by atoms with Gasteiger partial charge in [-0.1, -0.05) is 55.8 Å². The molecule has 1 aliphatic rings. The van der Waals surface area contributed by atoms with Gasteiger partial charge in [-0.05, 0) is 29.5 Å². The van der Waals surface area contributed by atoms with Gasteiger partial charge in [-0.25, -0.2) is 4.98 Å². The Labute approximate surface area is 190 Å². The van der Waals surface area contributed by atoms with Gasteiger partial charge in [0.15, 0.2) is 0 Å². The number of benzene rings is 1. The Morgan fingerprint density at radius 3 is 2.27 bits per heavy atom. The van der Waals surface area contributed by atoms with Gasteiger partial charge >= 0.3 is 18.3 Å². The first kappa shape index (κ1) is 24.9. The van der Waals surface area contributed by atoms with Crippen LogP contribution in [0, 0.1) is 17.3 Å². The minimum absolute atomic E-state index is 0.159. The summed E-state index contributed by atoms with van der Waals surface area (Å²) in [4.78, 5) is 16.3. The number of carbonyl (C=O) groups excluding carboxylic acids is 1. The molecule has 1 aliphatic carbocycles. The predicted octanol–water partition coefficient (Wildman–Crippen LogP) is 6.98. The van der Waals surface area contributed by atoms with Crippen LogP contribution in [-0.4, -0.2) is 23.3 Å². The minimum Gasteiger partial charge on any atom is -0.446 e. The Kier molecular flexibility index (Phi) is 6.70. The second-order valence-electron chi connectivity index (χ2n) is 8.01. The van der Waals surface area contributed by atoms with Crippen molar-refractivity contribution in [1.29, 1.82) is 0 Å². The maximum atomic E-state index is 13.7. The number of para-hydroxylation sites is 1. The summed E-state index contributed by atoms with van der Waals surface area (Å²) in [7, 11) is 0. The molecule has 1 fully saturated rings. The summed E-state index contributed by atoms with van der Waals surface area (Å²) in [6, 6.07) is 11.8. The number of pyridine rings is 1. The molecule has 1 unspecified atom stereocenters. The lowest BCUT2D eigenvalue weighted by Gasteiger charge is -2.21. The van der Waals surface area contributed by atoms with E-state index in [0.29, 0.717) is 11.8 Å². The second kappa shape index (κ2) is 8.89. The van der Waals surface area contributed by atoms with Crippen molar-refractivity contribution < 1.29 is 40.6 Å². The highest BCUT2D eigenvalue weighted by Gasteiger charge is 2.63. The van der Waals surface area contributed by atoms with E-state index < -0.39 is 52.4 Å². The number of ether oxygens (including phenoxy) is 2. The topological polar surface area (TPSA) is 48.4 Å². The standard InChI is InChI=1S/C22H18ClF6NO3/c1-20(2)13(11-15(23)21(24,25)26)17(20)19(31)33-18(22(27,28)29)14-9-6-10-16(30-14)32-12-7-4-3-5-8-12/h3-11,13,17-18H,1-2H3/t13-,17+,18?/m0/s1. The zero-order chi connectivity index (χ0) is 24.6. The molecule has 2 aromatic rings. The maximum Gasteiger partial charge on any atom is 0.431 e. The summed E-state index contributed by atoms with van der Waals surface area (Å²) in [6.07, 6.45) is -12.0. The lowest BCUT2D eigenvalue weighted by Crippen LogP contribution is -2.28. The Morgan fingerprint density at radius 2 is 1.70 bits per heavy atom. The van der Waals surface area contributed by atoms with E-state index in [9.17, 15) is 31.1 Å². The highest BCUT2D eigenvalue weighted by molar-refractivity contribution is 6.30. The van der Waals surface area contributed by atoms with E-state index in [1.165, 1.54) is 26.0 Å². The van der Waals surface area contributed by atoms with Gasteiger partial charge in [-0.15, -0.1) is 0 Å². The van der Waals surface area contributed by atoms with Gasteiger partial charge in [0.2, 0.25) is 12.0 Å². The van der Waals surface area contributed by atoms with E-state index in [4.69, 9.17) is 21.1 Å². The third kappa shape index (κ3) is 5.79. The molecule has 0 saturated heterocycles. The predicted molar refractivity (Wildman–Crippen MR) is 106 cm³/mol. The number of aromatic nitrogens is 1. The molecule has 0 aliphatic heterocycles. The fraction of sp³-hybridized carbons (Fsp3) is 0.364. The zero-order valence-corrected chi connectivity index (χ0v) is 18.0. The number of halogens is 7. The molecule has 33 heavy (non-hydrogen) atoms. The summed E-state index contributed by atoms with van der Waals surface area (Å²) in [5.41, 5.74) is -1.70. The molecule has 4 nitrogen and oxygen atoms in total. The fourth-order valence-corrected chi connectivity index (χ4v) is 3.55. The first-order valence-corrected chi connectivity index (χ1v) is 10.0. The smallest absolute Gasteiger partial charge is 0.431 e. The van der Waals surface area contributed by atoms with Crippen molar-refractivity contribution in [2.75, 3.05) is 0 Å². The average molecular weight is 494 g/mol. The van der Waals surface area contributed by atoms with Gasteiger partial charge < -0.3 is 9.47 Å². The minimum atomic E-state index is -5.03. The molecular formula is C22H18ClF6NO3. The molecule has 178 valence electrons. The van der Waals surface area contributed by atoms with Crippen molar-refractivity contribution >= 4 is 17.6 Å². The Hall–Kier alpha value is -2.75. The summed E-state index contributed by atoms with van der Waals surface area (Å²) in [6.45, 7) is 2.88. The molecule has 0 amide bonds. The molecule has 0 radical (unpaired) electrons. The van der Waals surface area contributed by atoms with Crippen LogP contribution < -0.4 is 4.74 Å². The monoisotopic (exact) mass is 493 g/mol. The number of allylic oxidation sites excluding steroid dienone is 2. The SMILES string of the molecule is CC1(C)[C@@H](C=C(Cl)C(F)(F)F)[C@@H]1C(=O)OC(c1cccc(Oc2ccccc2)n1)C(F)(F)F. The maximum absolute atomic E-state index is 13.7. The van der Waals surface area contributed by atoms with Crippen LogP contribution in [0.15, 0.2) is 59.6 Å². The molecule has 1 aromatic carbocycles. The molecule has 0 spiro atoms. The van der Waals surface area contributed by atoms with Gasteiger partial charge in [-0.3, -0.25) is 4.79 Å². The van der Waals surface area contributed by atoms with Crippen molar-refractivity contribution in [3.8, 4) is 11.6 Å². The van der Waals surface area contributed by atoms with E-state index in [0.717, 1.165) is 6.07 Å². The quantitative estimate of drug-likeness (QED) is 0.322. The summed E-state index contributed by atoms with van der Waals surface area (Å²) < 4.78 is 89.5. The number of nitrogens with zero attached hydrogens (tertiary/aromatic N) is 1. The van der Waals surface area contributed by atoms with Crippen LogP contribution >= 0.6 is 11.6 Å². The number of esters is 1. The van der Waals surface area contributed by atoms with Gasteiger partial charge in [0, 0.05) is 6.07 Å². The summed E-state index contributed by atoms with van der Waals surface area (Å²) in [5.74, 6) is -3.39. The summed E-state index contributed by atoms with van der Waals surface area (Å²) >= 11 is 5.23. The highest BCUT2D eigenvalue weighted by atomic mass is 35.5. The largest absolute Gasteiger partial charge is 0.446 e. The van der Waals surface area contributed by atoms with Crippen LogP contribution in [0.25, 0.3) is 0 Å². The molecule has 1 heterocycles. The van der Waals surface area contributed by atoms with E-state index in [-0.39, 0.29) is 5.88 Å². The molecular weight excluding hydrogens is 476 g/mol. The molecule has 11 heteroatoms. The number of carbonyl (C=O) groups is 1. The Bertz CT molecular complexity index is 1040. The zero-order valence-electron chi connectivity index (χ0n) is 17.2. The second-order valence-corrected chi connectivity index (χ2v) is 8.42. The van der Waals surface area contributed by atoms with Crippen LogP contribution in [0.4, 0.5) is 26.3 Å². The van der Waals surface area contributed by atoms with Gasteiger partial charge in [0.05, 0.1) is 11.6 Å². The number of alkyl halides is 6. The van der Waals surface area contributed by atoms with E-state index in [1.807, 2.05) is 0 Å². The van der Waals surface area contributed by atoms with E-state index >= 15 is 0 Å². The van der Waals surface area contributed by atoms with Crippen LogP contribution in [0.5, 0.6) is 11.6 Å². The molecule has 1 aromatic heterocycles. The first-order valence-electron chi connectivity index (χ1n) is 9.63. The molecule has 3 rings (SSSR count). The first-order chi connectivity index (χ1) is 15.2. The Balaban J connectivity index is 1.81. The van der Waals surface area contributed by atoms with E-state index in [2.05, 4.69) is 4.98 Å². The molecule has 0 N–H and O–H groups in total. The van der Waals surface area contributed by atoms with Crippen molar-refractivity contribution in [3.63, 3.8) is 0 Å². The molecule has 0 bridgehead atoms. The van der Waals surface area contributed by atoms with Crippen molar-refractivity contribution in [2.24, 2.45) is 17.3 Å². The van der Waals surface area contributed by atoms with Crippen LogP contribution in [-0.2, 0) is 9.53 Å². The lowest BCUT2D eigenvalue weighted by molar-refractivity contribution is -0.226. The van der Waals surface area contributed by atoms with Crippen molar-refractivity contribution in [2.45, 2.75) is 32.3 Å². The normalized spacial score (nSPS) is 21.3. The van der Waals surface area contributed by atoms with Crippen LogP contribution in [0.2, 0.25) is 0 Å². The third-order valence-corrected chi connectivity index (χ3v) is 5.61. The summed E-state index contributed by atoms with van der Waals surface area (Å²) in [5, 5.41) is -1.45. The van der Waals surface area contributed by atoms with Crippen molar-refractivity contribution in [1.82, 2.24) is 4.98 Å². The Morgan fingerprint density at radius 1 is 1.06 bits per heavy atom. The number of hydrogen-bond donors (Lipinski definition) is 0. The van der Waals surface area contributed by atoms with Gasteiger partial charge in [0.25, 0.3) is 0 Å². The molecule has 1 saturated carbocycles. The number of rotatable bonds is 6. The molecule has 3 atom stereocenters. The lowest BCUT2D eigenvalue weighted by atomic mass is 10.1. The third-order valence-electron chi connectivity index (χ3n) is 5.27. The van der Waals surface area contributed by atoms with E-state index in [1.54, 1.807) is 30.3 Å². The van der Waals surface area contributed by atoms with Gasteiger partial charge in [0.1, 0.15) is 10.8 Å². The van der Waals surface area contributed by atoms with Crippen LogP contribution in [0.3, 0.4) is 0 Å². The van der Waals surface area contributed by atoms with Gasteiger partial charge in [-0.2, -0.15) is 26.3 Å². The van der Waals surface area contributed by atoms with Crippen LogP contribution in [0.1, 0.15) is 25.6 Å².